The van der Waals surface area contributed by atoms with Crippen LogP contribution in [0.5, 0.6) is 17.2 Å². The molecule has 2 atom stereocenters. The Kier molecular flexibility index (Phi) is 12.0. The second-order valence-electron chi connectivity index (χ2n) is 11.8. The lowest BCUT2D eigenvalue weighted by atomic mass is 9.66. The highest BCUT2D eigenvalue weighted by Gasteiger charge is 2.56. The van der Waals surface area contributed by atoms with Gasteiger partial charge < -0.3 is 25.2 Å². The molecule has 0 spiro atoms. The van der Waals surface area contributed by atoms with Gasteiger partial charge in [0.05, 0.1) is 6.61 Å². The van der Waals surface area contributed by atoms with E-state index in [1.807, 2.05) is 19.1 Å². The highest BCUT2D eigenvalue weighted by atomic mass is 32.2. The SMILES string of the molecule is C[C@]1(c2ccc(O)cc2)COc2cc(O)ccc2[C@H]1CCCCC(CCCCSCCCC(F)(F)C(F)(F)F)(C(=O)O)C(=O)O. The Balaban J connectivity index is 1.59. The van der Waals surface area contributed by atoms with E-state index >= 15 is 0 Å². The topological polar surface area (TPSA) is 124 Å². The minimum atomic E-state index is -5.58. The van der Waals surface area contributed by atoms with E-state index in [1.54, 1.807) is 24.3 Å². The Labute approximate surface area is 262 Å². The van der Waals surface area contributed by atoms with E-state index in [-0.39, 0.29) is 55.5 Å². The molecule has 0 amide bonds. The van der Waals surface area contributed by atoms with Gasteiger partial charge in [0, 0.05) is 23.8 Å². The molecule has 0 aromatic heterocycles. The lowest BCUT2D eigenvalue weighted by Gasteiger charge is -2.43. The van der Waals surface area contributed by atoms with E-state index in [4.69, 9.17) is 4.74 Å². The Morgan fingerprint density at radius 1 is 0.844 bits per heavy atom. The zero-order valence-corrected chi connectivity index (χ0v) is 25.7. The van der Waals surface area contributed by atoms with E-state index in [1.165, 1.54) is 17.8 Å². The summed E-state index contributed by atoms with van der Waals surface area (Å²) in [6.45, 7) is 2.31. The molecule has 1 aliphatic rings. The molecule has 13 heteroatoms. The van der Waals surface area contributed by atoms with Crippen LogP contribution in [0.2, 0.25) is 0 Å². The van der Waals surface area contributed by atoms with Crippen molar-refractivity contribution in [2.75, 3.05) is 18.1 Å². The molecule has 0 saturated heterocycles. The molecular weight excluding hydrogens is 623 g/mol. The van der Waals surface area contributed by atoms with Gasteiger partial charge in [-0.15, -0.1) is 0 Å². The number of aliphatic carboxylic acids is 2. The number of halogens is 5. The van der Waals surface area contributed by atoms with Gasteiger partial charge in [0.2, 0.25) is 0 Å². The van der Waals surface area contributed by atoms with Gasteiger partial charge in [0.15, 0.2) is 5.41 Å². The Morgan fingerprint density at radius 3 is 2.02 bits per heavy atom. The fraction of sp³-hybridized carbons (Fsp3) is 0.562. The van der Waals surface area contributed by atoms with Gasteiger partial charge >= 0.3 is 24.0 Å². The molecule has 4 N–H and O–H groups in total. The van der Waals surface area contributed by atoms with Crippen molar-refractivity contribution in [1.29, 1.82) is 0 Å². The number of thioether (sulfide) groups is 1. The summed E-state index contributed by atoms with van der Waals surface area (Å²) in [5, 5.41) is 39.7. The minimum absolute atomic E-state index is 0.0508. The molecule has 1 heterocycles. The fourth-order valence-electron chi connectivity index (χ4n) is 5.90. The van der Waals surface area contributed by atoms with Gasteiger partial charge in [-0.3, -0.25) is 9.59 Å². The zero-order chi connectivity index (χ0) is 33.5. The standard InChI is InChI=1S/C32H39F5O7S/c1-29(21-8-10-22(38)11-9-21)20-44-26-19-23(39)12-13-24(26)25(29)7-2-3-14-30(27(40)41,28(42)43)15-4-5-17-45-18-6-16-31(33,34)32(35,36)37/h8-13,19,25,38-39H,2-7,14-18,20H2,1H3,(H,40,41)(H,42,43)/t25-,29-/m1/s1. The third-order valence-corrected chi connectivity index (χ3v) is 9.85. The molecular formula is C32H39F5O7S. The maximum atomic E-state index is 13.0. The molecule has 1 aliphatic heterocycles. The third-order valence-electron chi connectivity index (χ3n) is 8.70. The van der Waals surface area contributed by atoms with Gasteiger partial charge in [0.1, 0.15) is 17.2 Å². The van der Waals surface area contributed by atoms with Crippen molar-refractivity contribution in [1.82, 2.24) is 0 Å². The second kappa shape index (κ2) is 14.9. The Bertz CT molecular complexity index is 1290. The summed E-state index contributed by atoms with van der Waals surface area (Å²) in [5.74, 6) is -6.60. The number of fused-ring (bicyclic) bond motifs is 1. The summed E-state index contributed by atoms with van der Waals surface area (Å²) in [6, 6.07) is 11.7. The van der Waals surface area contributed by atoms with E-state index in [0.29, 0.717) is 37.2 Å². The van der Waals surface area contributed by atoms with Crippen LogP contribution in [0.4, 0.5) is 22.0 Å². The summed E-state index contributed by atoms with van der Waals surface area (Å²) in [7, 11) is 0. The van der Waals surface area contributed by atoms with Crippen molar-refractivity contribution >= 4 is 23.7 Å². The van der Waals surface area contributed by atoms with E-state index < -0.39 is 41.3 Å². The fourth-order valence-corrected chi connectivity index (χ4v) is 6.86. The van der Waals surface area contributed by atoms with Crippen LogP contribution < -0.4 is 4.74 Å². The molecule has 45 heavy (non-hydrogen) atoms. The molecule has 0 fully saturated rings. The van der Waals surface area contributed by atoms with Crippen LogP contribution in [-0.2, 0) is 15.0 Å². The highest BCUT2D eigenvalue weighted by molar-refractivity contribution is 7.99. The summed E-state index contributed by atoms with van der Waals surface area (Å²) in [4.78, 5) is 24.5. The Hall–Kier alpha value is -3.22. The average molecular weight is 663 g/mol. The second-order valence-corrected chi connectivity index (χ2v) is 13.1. The van der Waals surface area contributed by atoms with Crippen molar-refractivity contribution in [3.63, 3.8) is 0 Å². The summed E-state index contributed by atoms with van der Waals surface area (Å²) < 4.78 is 68.9. The predicted octanol–water partition coefficient (Wildman–Crippen LogP) is 8.13. The number of rotatable bonds is 17. The van der Waals surface area contributed by atoms with E-state index in [9.17, 15) is 52.0 Å². The number of ether oxygens (including phenoxy) is 1. The number of phenols is 2. The molecule has 0 saturated carbocycles. The quantitative estimate of drug-likeness (QED) is 0.0761. The van der Waals surface area contributed by atoms with Crippen molar-refractivity contribution in [2.45, 2.75) is 88.1 Å². The number of hydrogen-bond donors (Lipinski definition) is 4. The molecule has 250 valence electrons. The molecule has 0 unspecified atom stereocenters. The maximum Gasteiger partial charge on any atom is 0.453 e. The number of carbonyl (C=O) groups is 2. The summed E-state index contributed by atoms with van der Waals surface area (Å²) in [6.07, 6.45) is -5.49. The first-order valence-electron chi connectivity index (χ1n) is 14.8. The van der Waals surface area contributed by atoms with Crippen molar-refractivity contribution in [3.8, 4) is 17.2 Å². The van der Waals surface area contributed by atoms with Crippen LogP contribution in [0.3, 0.4) is 0 Å². The summed E-state index contributed by atoms with van der Waals surface area (Å²) >= 11 is 1.17. The minimum Gasteiger partial charge on any atom is -0.508 e. The van der Waals surface area contributed by atoms with Gasteiger partial charge in [0.25, 0.3) is 0 Å². The van der Waals surface area contributed by atoms with Crippen LogP contribution in [0.25, 0.3) is 0 Å². The molecule has 0 aliphatic carbocycles. The smallest absolute Gasteiger partial charge is 0.453 e. The predicted molar refractivity (Wildman–Crippen MR) is 159 cm³/mol. The molecule has 7 nitrogen and oxygen atoms in total. The molecule has 0 radical (unpaired) electrons. The maximum absolute atomic E-state index is 13.0. The summed E-state index contributed by atoms with van der Waals surface area (Å²) in [5.41, 5.74) is -0.772. The van der Waals surface area contributed by atoms with Crippen LogP contribution >= 0.6 is 11.8 Å². The molecule has 3 rings (SSSR count). The van der Waals surface area contributed by atoms with E-state index in [2.05, 4.69) is 0 Å². The molecule has 2 aromatic carbocycles. The number of phenolic OH excluding ortho intramolecular Hbond substituents is 2. The van der Waals surface area contributed by atoms with E-state index in [0.717, 1.165) is 11.1 Å². The van der Waals surface area contributed by atoms with Gasteiger partial charge in [-0.05, 0) is 72.9 Å². The van der Waals surface area contributed by atoms with Crippen LogP contribution in [0, 0.1) is 5.41 Å². The largest absolute Gasteiger partial charge is 0.508 e. The van der Waals surface area contributed by atoms with Gasteiger partial charge in [-0.1, -0.05) is 44.4 Å². The first-order chi connectivity index (χ1) is 21.0. The molecule has 2 aromatic rings. The average Bonchev–Trinajstić information content (AvgIpc) is 2.95. The van der Waals surface area contributed by atoms with Crippen molar-refractivity contribution < 1.29 is 56.7 Å². The number of unbranched alkanes of at least 4 members (excludes halogenated alkanes) is 2. The Morgan fingerprint density at radius 2 is 1.42 bits per heavy atom. The number of hydrogen-bond acceptors (Lipinski definition) is 6. The normalized spacial score (nSPS) is 18.7. The number of aromatic hydroxyl groups is 2. The number of benzene rings is 2. The number of carboxylic acid groups (broad SMARTS) is 2. The number of alkyl halides is 5. The first kappa shape index (κ1) is 36.3. The monoisotopic (exact) mass is 662 g/mol. The zero-order valence-electron chi connectivity index (χ0n) is 24.9. The van der Waals surface area contributed by atoms with Crippen LogP contribution in [0.15, 0.2) is 42.5 Å². The third kappa shape index (κ3) is 8.74. The molecule has 0 bridgehead atoms. The van der Waals surface area contributed by atoms with Crippen LogP contribution in [0.1, 0.15) is 81.8 Å². The van der Waals surface area contributed by atoms with Gasteiger partial charge in [-0.2, -0.15) is 33.7 Å². The first-order valence-corrected chi connectivity index (χ1v) is 15.9. The number of carboxylic acids is 2. The van der Waals surface area contributed by atoms with Crippen molar-refractivity contribution in [3.05, 3.63) is 53.6 Å². The lowest BCUT2D eigenvalue weighted by molar-refractivity contribution is -0.284. The van der Waals surface area contributed by atoms with Crippen LogP contribution in [-0.4, -0.2) is 62.6 Å². The van der Waals surface area contributed by atoms with Gasteiger partial charge in [-0.25, -0.2) is 0 Å². The lowest BCUT2D eigenvalue weighted by Crippen LogP contribution is -2.41. The highest BCUT2D eigenvalue weighted by Crippen LogP contribution is 2.50. The van der Waals surface area contributed by atoms with Crippen molar-refractivity contribution in [2.24, 2.45) is 5.41 Å².